The van der Waals surface area contributed by atoms with E-state index < -0.39 is 0 Å². The van der Waals surface area contributed by atoms with E-state index in [-0.39, 0.29) is 85.9 Å². The van der Waals surface area contributed by atoms with Crippen molar-refractivity contribution in [3.63, 3.8) is 0 Å². The van der Waals surface area contributed by atoms with Gasteiger partial charge in [0.1, 0.15) is 0 Å². The van der Waals surface area contributed by atoms with Gasteiger partial charge in [-0.1, -0.05) is 442 Å². The van der Waals surface area contributed by atoms with Gasteiger partial charge >= 0.3 is 0 Å². The zero-order valence-electron chi connectivity index (χ0n) is 99.2. The summed E-state index contributed by atoms with van der Waals surface area (Å²) in [7, 11) is 2.20. The molecule has 4 fully saturated rings. The van der Waals surface area contributed by atoms with Crippen LogP contribution in [0.1, 0.15) is 478 Å². The Hall–Kier alpha value is -1.98. The summed E-state index contributed by atoms with van der Waals surface area (Å²) in [6.45, 7) is 144. The van der Waals surface area contributed by atoms with Crippen molar-refractivity contribution in [2.24, 2.45) is 43.3 Å². The Kier molecular flexibility index (Phi) is 163. The van der Waals surface area contributed by atoms with E-state index in [0.717, 1.165) is 70.5 Å². The predicted molar refractivity (Wildman–Crippen MR) is 604 cm³/mol. The number of methoxy groups -OCH3 is 1. The second kappa shape index (κ2) is 115. The average molecular weight is 2390 g/mol. The first-order valence-corrected chi connectivity index (χ1v) is 52.5. The summed E-state index contributed by atoms with van der Waals surface area (Å²) < 4.78 is 10.2. The van der Waals surface area contributed by atoms with E-state index in [1.54, 1.807) is 43.2 Å². The minimum atomic E-state index is 0. The Balaban J connectivity index is -0.0000000478. The minimum Gasteiger partial charge on any atom is -0.660 e. The minimum absolute atomic E-state index is 0. The van der Waals surface area contributed by atoms with Crippen molar-refractivity contribution in [1.29, 1.82) is 0 Å². The van der Waals surface area contributed by atoms with Crippen LogP contribution in [0, 0.1) is 58.2 Å². The van der Waals surface area contributed by atoms with E-state index >= 15 is 0 Å². The molecule has 0 saturated carbocycles. The van der Waals surface area contributed by atoms with Crippen LogP contribution in [-0.2, 0) is 65.6 Å². The first kappa shape index (κ1) is 183. The van der Waals surface area contributed by atoms with Gasteiger partial charge in [-0.15, -0.1) is 24.4 Å². The molecule has 3 aromatic heterocycles. The number of piperazine rings is 1. The summed E-state index contributed by atoms with van der Waals surface area (Å²) in [5.74, 6) is 6.76. The standard InChI is InChI=1S/C11H24.C10H21NS.C10H21N.C9H19N2.C9H19NO.2C8H12N2.C7H11NS.C6H14O.C6H14.12C2H6.2CH4.2CH3.Re.Rf.Rh/c1-10(2,3)8-7-9-11(4,5)6;1-10(2,3)9-11-5-7-12(4)8-6-11;1-10(2,3)9-11-7-5-4-6-8-11;1-9(2,3)8-11-6-4-10-5-7-11;1-9(2,3)8-10-4-6-11-7-5-10;1-8(2,3)7-6-9-4-5-10-7;1-8(2,3)7-5-4-6-9-10-7;1-7(2,3)6-8-4-5-9-6;1-6(2,3)5-7-4;1-5-6(2,3)4;12*1-2;;;;;;;/h7-9H2,1-6H3;4-9H2,1-3H3;4-9H2,1-3H3;2*4-8H2,1-3H3;2*4-6H,1-3H3;4-5H,1-3H3;5H2,1-4H3;5H2,1-4H3;12*1-2H3;2*1H4;2*1H3;;;/q;;;-1;;;;;;;;;;;;;;;;;;;;;2*-1;;;. The molecule has 0 bridgehead atoms. The fourth-order valence-corrected chi connectivity index (χ4v) is 11.8. The third kappa shape index (κ3) is 166. The van der Waals surface area contributed by atoms with Crippen molar-refractivity contribution in [2.75, 3.05) is 130 Å². The van der Waals surface area contributed by atoms with E-state index in [4.69, 9.17) is 9.47 Å². The SMILES string of the molecule is C.C.C=S1CCN(CC(C)(C)C)CC1.CC.CC.CC.CC.CC.CC.CC.CC.CC.CC.CC.CC.CC(C)(C)CCCC(C)(C)C.CC(C)(C)CN1CCCCC1.CC(C)(C)CN1CCOCC1.CC(C)(C)CN1CC[N-]CC1.CC(C)(C)c1cccnn1.CC(C)(C)c1cnccn1.CC(C)(C)c1nccs1.CCC(C)(C)C.COCC(C)(C)C.[CH3-].[CH3-].[Re].[Rf].[Rh]. The number of ether oxygens (including phenoxy) is 2. The van der Waals surface area contributed by atoms with Crippen LogP contribution >= 0.6 is 21.8 Å². The molecular formula is C112H253N10O2ReRfRhS2-3. The normalized spacial score (nSPS) is 13.3. The largest absolute Gasteiger partial charge is 0.660 e. The van der Waals surface area contributed by atoms with Crippen LogP contribution in [0.2, 0.25) is 0 Å². The van der Waals surface area contributed by atoms with Gasteiger partial charge in [0.15, 0.2) is 0 Å². The molecule has 0 unspecified atom stereocenters. The van der Waals surface area contributed by atoms with Gasteiger partial charge in [0.05, 0.1) is 36.2 Å². The van der Waals surface area contributed by atoms with Crippen LogP contribution in [0.15, 0.2) is 48.5 Å². The molecule has 4 aliphatic rings. The summed E-state index contributed by atoms with van der Waals surface area (Å²) >= 11 is 1.72. The average Bonchev–Trinajstić information content (AvgIpc) is 1.88. The van der Waals surface area contributed by atoms with E-state index in [2.05, 4.69) is 291 Å². The van der Waals surface area contributed by atoms with Gasteiger partial charge in [-0.25, -0.2) is 4.98 Å². The Morgan fingerprint density at radius 2 is 0.729 bits per heavy atom. The first-order chi connectivity index (χ1) is 56.4. The Bertz CT molecular complexity index is 2210. The van der Waals surface area contributed by atoms with E-state index in [9.17, 15) is 0 Å². The molecule has 0 spiro atoms. The van der Waals surface area contributed by atoms with Gasteiger partial charge in [-0.2, -0.15) is 20.7 Å². The number of aromatic nitrogens is 5. The zero-order valence-corrected chi connectivity index (χ0v) is 112. The maximum atomic E-state index is 5.27. The summed E-state index contributed by atoms with van der Waals surface area (Å²) in [4.78, 5) is 22.5. The van der Waals surface area contributed by atoms with Crippen LogP contribution in [0.4, 0.5) is 0 Å². The van der Waals surface area contributed by atoms with Gasteiger partial charge in [-0.05, 0) is 107 Å². The van der Waals surface area contributed by atoms with E-state index in [0.29, 0.717) is 53.8 Å². The number of morpholine rings is 1. The monoisotopic (exact) mass is 2390 g/mol. The van der Waals surface area contributed by atoms with Gasteiger partial charge in [0, 0.05) is 163 Å². The molecule has 0 aromatic carbocycles. The Labute approximate surface area is 851 Å². The maximum Gasteiger partial charge on any atom is 0.0978 e. The van der Waals surface area contributed by atoms with Crippen LogP contribution in [-0.4, -0.2) is 181 Å². The molecule has 4 aliphatic heterocycles. The van der Waals surface area contributed by atoms with E-state index in [1.165, 1.54) is 114 Å². The molecule has 7 rings (SSSR count). The molecule has 0 N–H and O–H groups in total. The topological polar surface area (TPSA) is 110 Å². The third-order valence-corrected chi connectivity index (χ3v) is 17.8. The number of piperidine rings is 1. The molecule has 0 atom stereocenters. The molecule has 2 radical (unpaired) electrons. The summed E-state index contributed by atoms with van der Waals surface area (Å²) in [6, 6.07) is 3.90. The van der Waals surface area contributed by atoms with E-state index in [1.807, 2.05) is 190 Å². The Morgan fingerprint density at radius 1 is 0.411 bits per heavy atom. The quantitative estimate of drug-likeness (QED) is 0.128. The molecule has 7 heterocycles. The fourth-order valence-electron chi connectivity index (χ4n) is 9.82. The van der Waals surface area contributed by atoms with Gasteiger partial charge in [-0.3, -0.25) is 14.9 Å². The molecule has 129 heavy (non-hydrogen) atoms. The zero-order chi connectivity index (χ0) is 101. The second-order valence-electron chi connectivity index (χ2n) is 40.4. The maximum absolute atomic E-state index is 5.27. The molecule has 12 nitrogen and oxygen atoms in total. The molecule has 796 valence electrons. The summed E-state index contributed by atoms with van der Waals surface area (Å²) in [6.07, 6.45) is 18.4. The summed E-state index contributed by atoms with van der Waals surface area (Å²) in [5, 5.41) is 15.3. The molecule has 4 saturated heterocycles. The number of nitrogens with zero attached hydrogens (tertiary/aromatic N) is 10. The van der Waals surface area contributed by atoms with Gasteiger partial charge in [0.25, 0.3) is 0 Å². The number of hydrogen-bond donors (Lipinski definition) is 0. The van der Waals surface area contributed by atoms with Crippen molar-refractivity contribution in [3.05, 3.63) is 85.1 Å². The van der Waals surface area contributed by atoms with Crippen molar-refractivity contribution in [3.8, 4) is 0 Å². The predicted octanol–water partition coefficient (Wildman–Crippen LogP) is 36.5. The van der Waals surface area contributed by atoms with Gasteiger partial charge in [0.2, 0.25) is 0 Å². The second-order valence-corrected chi connectivity index (χ2v) is 43.3. The molecule has 0 aliphatic carbocycles. The van der Waals surface area contributed by atoms with Crippen LogP contribution < -0.4 is 0 Å². The number of rotatable bonds is 7. The van der Waals surface area contributed by atoms with Crippen LogP contribution in [0.5, 0.6) is 0 Å². The smallest absolute Gasteiger partial charge is 0.0978 e. The molecule has 17 heteroatoms. The first-order valence-electron chi connectivity index (χ1n) is 49.9. The molecular weight excluding hydrogens is 2140 g/mol. The van der Waals surface area contributed by atoms with Crippen LogP contribution in [0.3, 0.4) is 0 Å². The number of thiazole rings is 1. The summed E-state index contributed by atoms with van der Waals surface area (Å²) in [5.41, 5.74) is 6.26. The Morgan fingerprint density at radius 3 is 0.938 bits per heavy atom. The third-order valence-electron chi connectivity index (χ3n) is 15.1. The van der Waals surface area contributed by atoms with Crippen molar-refractivity contribution in [2.45, 2.75) is 478 Å². The van der Waals surface area contributed by atoms with Gasteiger partial charge < -0.3 is 44.3 Å². The van der Waals surface area contributed by atoms with Crippen LogP contribution in [0.25, 0.3) is 5.32 Å². The fraction of sp³-hybridized carbons (Fsp3) is 0.875. The van der Waals surface area contributed by atoms with Crippen molar-refractivity contribution in [1.82, 2.24) is 44.7 Å². The van der Waals surface area contributed by atoms with Crippen molar-refractivity contribution < 1.29 is 49.4 Å². The molecule has 0 amide bonds. The molecule has 3 aromatic rings. The van der Waals surface area contributed by atoms with Crippen molar-refractivity contribution >= 4 is 27.7 Å². The number of likely N-dealkylation sites (tertiary alicyclic amines) is 1. The number of hydrogen-bond acceptors (Lipinski definition) is 12.